The maximum atomic E-state index is 12.9. The average molecular weight is 1160 g/mol. The predicted octanol–water partition coefficient (Wildman–Crippen LogP) is 25.5. The van der Waals surface area contributed by atoms with E-state index >= 15 is 0 Å². The first kappa shape index (κ1) is 80.1. The standard InChI is InChI=1S/C77H140O6/c1-4-7-10-13-16-19-21-23-25-27-29-31-33-35-37-38-40-41-43-45-47-49-51-53-55-58-61-64-67-70-76(79)82-73-74(72-81-75(78)69-66-63-60-57-18-15-12-9-6-3)83-77(80)71-68-65-62-59-56-54-52-50-48-46-44-42-39-36-34-32-30-28-26-24-22-20-17-14-11-8-5-2/h21-24,27-30,33,35,74H,4-20,25-26,31-32,34,36-73H2,1-3H3/b23-21-,24-22-,29-27-,30-28-,35-33-. The highest BCUT2D eigenvalue weighted by Crippen LogP contribution is 2.18. The van der Waals surface area contributed by atoms with E-state index in [1.165, 1.54) is 276 Å². The Bertz CT molecular complexity index is 1470. The van der Waals surface area contributed by atoms with Gasteiger partial charge in [0.25, 0.3) is 0 Å². The summed E-state index contributed by atoms with van der Waals surface area (Å²) in [6.45, 7) is 6.66. The molecule has 0 aliphatic heterocycles. The number of rotatable bonds is 68. The van der Waals surface area contributed by atoms with Crippen LogP contribution in [-0.4, -0.2) is 37.2 Å². The van der Waals surface area contributed by atoms with E-state index < -0.39 is 6.10 Å². The molecule has 0 radical (unpaired) electrons. The largest absolute Gasteiger partial charge is 0.462 e. The minimum absolute atomic E-state index is 0.0693. The molecule has 0 fully saturated rings. The van der Waals surface area contributed by atoms with E-state index in [-0.39, 0.29) is 31.1 Å². The van der Waals surface area contributed by atoms with E-state index in [2.05, 4.69) is 81.5 Å². The minimum atomic E-state index is -0.772. The highest BCUT2D eigenvalue weighted by molar-refractivity contribution is 5.71. The molecule has 0 aliphatic carbocycles. The van der Waals surface area contributed by atoms with Crippen LogP contribution in [0.25, 0.3) is 0 Å². The van der Waals surface area contributed by atoms with Crippen molar-refractivity contribution in [1.29, 1.82) is 0 Å². The second-order valence-electron chi connectivity index (χ2n) is 24.9. The molecule has 6 heteroatoms. The zero-order chi connectivity index (χ0) is 59.9. The fourth-order valence-electron chi connectivity index (χ4n) is 11.0. The molecule has 484 valence electrons. The first-order chi connectivity index (χ1) is 41.0. The van der Waals surface area contributed by atoms with Crippen molar-refractivity contribution in [2.45, 2.75) is 399 Å². The van der Waals surface area contributed by atoms with E-state index in [9.17, 15) is 14.4 Å². The molecule has 0 bridgehead atoms. The van der Waals surface area contributed by atoms with Crippen LogP contribution in [0.2, 0.25) is 0 Å². The van der Waals surface area contributed by atoms with Crippen molar-refractivity contribution < 1.29 is 28.6 Å². The van der Waals surface area contributed by atoms with Gasteiger partial charge in [0.2, 0.25) is 0 Å². The Kier molecular flexibility index (Phi) is 69.1. The molecule has 0 heterocycles. The summed E-state index contributed by atoms with van der Waals surface area (Å²) < 4.78 is 17.0. The molecular weight excluding hydrogens is 1020 g/mol. The summed E-state index contributed by atoms with van der Waals surface area (Å²) >= 11 is 0. The van der Waals surface area contributed by atoms with Crippen molar-refractivity contribution >= 4 is 17.9 Å². The third-order valence-corrected chi connectivity index (χ3v) is 16.5. The summed E-state index contributed by atoms with van der Waals surface area (Å²) in [5.74, 6) is -0.849. The lowest BCUT2D eigenvalue weighted by Gasteiger charge is -2.18. The van der Waals surface area contributed by atoms with Gasteiger partial charge in [-0.15, -0.1) is 0 Å². The number of unbranched alkanes of at least 4 members (excludes halogenated alkanes) is 47. The number of hydrogen-bond donors (Lipinski definition) is 0. The molecule has 6 nitrogen and oxygen atoms in total. The number of allylic oxidation sites excluding steroid dienone is 10. The maximum absolute atomic E-state index is 12.9. The van der Waals surface area contributed by atoms with Gasteiger partial charge in [-0.25, -0.2) is 0 Å². The normalized spacial score (nSPS) is 12.4. The topological polar surface area (TPSA) is 78.9 Å². The van der Waals surface area contributed by atoms with Crippen molar-refractivity contribution in [3.8, 4) is 0 Å². The van der Waals surface area contributed by atoms with Gasteiger partial charge in [-0.3, -0.25) is 14.4 Å². The first-order valence-electron chi connectivity index (χ1n) is 36.8. The van der Waals surface area contributed by atoms with Gasteiger partial charge in [-0.1, -0.05) is 345 Å². The number of esters is 3. The van der Waals surface area contributed by atoms with Gasteiger partial charge in [-0.05, 0) is 89.9 Å². The van der Waals surface area contributed by atoms with Crippen molar-refractivity contribution in [2.75, 3.05) is 13.2 Å². The fourth-order valence-corrected chi connectivity index (χ4v) is 11.0. The van der Waals surface area contributed by atoms with Gasteiger partial charge in [0, 0.05) is 19.3 Å². The van der Waals surface area contributed by atoms with E-state index in [1.54, 1.807) is 0 Å². The third kappa shape index (κ3) is 69.8. The Morgan fingerprint density at radius 3 is 0.675 bits per heavy atom. The Balaban J connectivity index is 4.11. The molecule has 0 spiro atoms. The molecule has 0 aromatic carbocycles. The Labute approximate surface area is 517 Å². The quantitative estimate of drug-likeness (QED) is 0.0261. The molecule has 1 atom stereocenters. The first-order valence-corrected chi connectivity index (χ1v) is 36.8. The molecule has 0 saturated carbocycles. The summed E-state index contributed by atoms with van der Waals surface area (Å²) in [7, 11) is 0. The van der Waals surface area contributed by atoms with Crippen LogP contribution >= 0.6 is 0 Å². The van der Waals surface area contributed by atoms with Gasteiger partial charge in [-0.2, -0.15) is 0 Å². The molecule has 0 aliphatic rings. The number of carbonyl (C=O) groups is 3. The minimum Gasteiger partial charge on any atom is -0.462 e. The van der Waals surface area contributed by atoms with Crippen molar-refractivity contribution in [1.82, 2.24) is 0 Å². The molecule has 0 N–H and O–H groups in total. The molecule has 0 aromatic heterocycles. The van der Waals surface area contributed by atoms with Gasteiger partial charge >= 0.3 is 17.9 Å². The van der Waals surface area contributed by atoms with Crippen molar-refractivity contribution in [3.63, 3.8) is 0 Å². The van der Waals surface area contributed by atoms with Crippen LogP contribution in [0, 0.1) is 0 Å². The second-order valence-corrected chi connectivity index (χ2v) is 24.9. The average Bonchev–Trinajstić information content (AvgIpc) is 3.49. The van der Waals surface area contributed by atoms with Crippen LogP contribution < -0.4 is 0 Å². The maximum Gasteiger partial charge on any atom is 0.306 e. The Hall–Kier alpha value is -2.89. The highest BCUT2D eigenvalue weighted by atomic mass is 16.6. The smallest absolute Gasteiger partial charge is 0.306 e. The monoisotopic (exact) mass is 1160 g/mol. The summed E-state index contributed by atoms with van der Waals surface area (Å²) in [6, 6.07) is 0. The summed E-state index contributed by atoms with van der Waals surface area (Å²) in [4.78, 5) is 38.3. The molecule has 0 rings (SSSR count). The summed E-state index contributed by atoms with van der Waals surface area (Å²) in [6.07, 6.45) is 92.7. The zero-order valence-corrected chi connectivity index (χ0v) is 55.7. The van der Waals surface area contributed by atoms with E-state index in [0.29, 0.717) is 19.3 Å². The van der Waals surface area contributed by atoms with Crippen LogP contribution in [0.3, 0.4) is 0 Å². The second kappa shape index (κ2) is 71.6. The molecule has 0 aromatic rings. The SMILES string of the molecule is CCCCCCC/C=C\C/C=C\C/C=C\CCCCCCCCCCCCCCCCC(=O)OCC(COC(=O)CCCCCCCCCCC)OC(=O)CCCCCCCCCCCCCCCCC/C=C\C/C=C\CCCCCCC. The van der Waals surface area contributed by atoms with Gasteiger partial charge in [0.15, 0.2) is 6.10 Å². The lowest BCUT2D eigenvalue weighted by Crippen LogP contribution is -2.30. The zero-order valence-electron chi connectivity index (χ0n) is 55.7. The van der Waals surface area contributed by atoms with Crippen molar-refractivity contribution in [2.24, 2.45) is 0 Å². The van der Waals surface area contributed by atoms with Crippen LogP contribution in [0.1, 0.15) is 393 Å². The highest BCUT2D eigenvalue weighted by Gasteiger charge is 2.19. The summed E-state index contributed by atoms with van der Waals surface area (Å²) in [5.41, 5.74) is 0. The van der Waals surface area contributed by atoms with E-state index in [0.717, 1.165) is 77.0 Å². The lowest BCUT2D eigenvalue weighted by atomic mass is 10.0. The third-order valence-electron chi connectivity index (χ3n) is 16.5. The van der Waals surface area contributed by atoms with Crippen LogP contribution in [0.15, 0.2) is 60.8 Å². The number of hydrogen-bond acceptors (Lipinski definition) is 6. The van der Waals surface area contributed by atoms with Crippen LogP contribution in [-0.2, 0) is 28.6 Å². The van der Waals surface area contributed by atoms with Gasteiger partial charge in [0.1, 0.15) is 13.2 Å². The van der Waals surface area contributed by atoms with E-state index in [4.69, 9.17) is 14.2 Å². The van der Waals surface area contributed by atoms with Crippen molar-refractivity contribution in [3.05, 3.63) is 60.8 Å². The Morgan fingerprint density at radius 1 is 0.241 bits per heavy atom. The summed E-state index contributed by atoms with van der Waals surface area (Å²) in [5, 5.41) is 0. The molecule has 0 saturated heterocycles. The predicted molar refractivity (Wildman–Crippen MR) is 362 cm³/mol. The molecule has 1 unspecified atom stereocenters. The fraction of sp³-hybridized carbons (Fsp3) is 0.831. The number of carbonyl (C=O) groups excluding carboxylic acids is 3. The molecular formula is C77H140O6. The number of ether oxygens (including phenoxy) is 3. The van der Waals surface area contributed by atoms with Crippen LogP contribution in [0.5, 0.6) is 0 Å². The van der Waals surface area contributed by atoms with Gasteiger partial charge < -0.3 is 14.2 Å². The van der Waals surface area contributed by atoms with Gasteiger partial charge in [0.05, 0.1) is 0 Å². The lowest BCUT2D eigenvalue weighted by molar-refractivity contribution is -0.167. The Morgan fingerprint density at radius 2 is 0.434 bits per heavy atom. The van der Waals surface area contributed by atoms with E-state index in [1.807, 2.05) is 0 Å². The molecule has 83 heavy (non-hydrogen) atoms. The van der Waals surface area contributed by atoms with Crippen LogP contribution in [0.4, 0.5) is 0 Å². The molecule has 0 amide bonds.